The number of ether oxygens (including phenoxy) is 1. The van der Waals surface area contributed by atoms with Gasteiger partial charge in [-0.1, -0.05) is 13.8 Å². The summed E-state index contributed by atoms with van der Waals surface area (Å²) in [5, 5.41) is 4.99. The van der Waals surface area contributed by atoms with Crippen LogP contribution < -0.4 is 15.5 Å². The maximum atomic E-state index is 14.3. The smallest absolute Gasteiger partial charge is 0.416 e. The number of nitrogens with zero attached hydrogens (tertiary/aromatic N) is 3. The minimum Gasteiger partial charge on any atom is -0.453 e. The highest BCUT2D eigenvalue weighted by Gasteiger charge is 2.53. The predicted molar refractivity (Wildman–Crippen MR) is 149 cm³/mol. The highest BCUT2D eigenvalue weighted by atomic mass is 19.4. The minimum atomic E-state index is -4.78. The van der Waals surface area contributed by atoms with Gasteiger partial charge in [0.2, 0.25) is 11.8 Å². The lowest BCUT2D eigenvalue weighted by Gasteiger charge is -2.44. The first-order valence-corrected chi connectivity index (χ1v) is 13.6. The van der Waals surface area contributed by atoms with Crippen LogP contribution in [0.2, 0.25) is 0 Å². The summed E-state index contributed by atoms with van der Waals surface area (Å²) in [6.07, 6.45) is -4.83. The van der Waals surface area contributed by atoms with Gasteiger partial charge in [0.05, 0.1) is 24.9 Å². The Kier molecular flexibility index (Phi) is 8.88. The van der Waals surface area contributed by atoms with Gasteiger partial charge in [-0.05, 0) is 61.2 Å². The molecule has 2 aromatic carbocycles. The zero-order valence-corrected chi connectivity index (χ0v) is 24.1. The number of halogens is 4. The second-order valence-electron chi connectivity index (χ2n) is 11.0. The molecule has 2 aliphatic heterocycles. The number of carbonyl (C=O) groups excluding carboxylic acids is 4. The van der Waals surface area contributed by atoms with Crippen LogP contribution in [0.5, 0.6) is 0 Å². The Morgan fingerprint density at radius 1 is 1.02 bits per heavy atom. The van der Waals surface area contributed by atoms with E-state index in [0.29, 0.717) is 30.6 Å². The van der Waals surface area contributed by atoms with E-state index < -0.39 is 58.5 Å². The topological polar surface area (TPSA) is 111 Å². The second kappa shape index (κ2) is 12.1. The molecule has 4 rings (SSSR count). The van der Waals surface area contributed by atoms with Crippen LogP contribution in [0.1, 0.15) is 42.6 Å². The van der Waals surface area contributed by atoms with Crippen LogP contribution in [0.15, 0.2) is 42.5 Å². The zero-order valence-electron chi connectivity index (χ0n) is 24.1. The Morgan fingerprint density at radius 2 is 1.65 bits per heavy atom. The minimum absolute atomic E-state index is 0.106. The summed E-state index contributed by atoms with van der Waals surface area (Å²) < 4.78 is 58.4. The summed E-state index contributed by atoms with van der Waals surface area (Å²) in [5.74, 6) is -3.32. The molecule has 0 saturated carbocycles. The third-order valence-electron chi connectivity index (χ3n) is 7.89. The number of likely N-dealkylation sites (N-methyl/N-ethyl adjacent to an activating group) is 1. The molecular weight excluding hydrogens is 574 g/mol. The van der Waals surface area contributed by atoms with Crippen molar-refractivity contribution < 1.29 is 41.5 Å². The fourth-order valence-corrected chi connectivity index (χ4v) is 5.49. The first kappa shape index (κ1) is 31.6. The van der Waals surface area contributed by atoms with Crippen molar-refractivity contribution in [3.05, 3.63) is 59.4 Å². The van der Waals surface area contributed by atoms with E-state index in [1.807, 2.05) is 4.90 Å². The maximum absolute atomic E-state index is 14.3. The lowest BCUT2D eigenvalue weighted by atomic mass is 9.85. The fraction of sp³-hybridized carbons (Fsp3) is 0.448. The Morgan fingerprint density at radius 3 is 2.21 bits per heavy atom. The molecule has 1 spiro atoms. The van der Waals surface area contributed by atoms with E-state index in [0.717, 1.165) is 5.69 Å². The number of piperidine rings is 1. The van der Waals surface area contributed by atoms with E-state index in [9.17, 15) is 36.7 Å². The van der Waals surface area contributed by atoms with Crippen molar-refractivity contribution in [1.82, 2.24) is 15.1 Å². The normalized spacial score (nSPS) is 17.3. The third-order valence-corrected chi connectivity index (χ3v) is 7.89. The lowest BCUT2D eigenvalue weighted by molar-refractivity contribution is -0.139. The van der Waals surface area contributed by atoms with Gasteiger partial charge < -0.3 is 24.8 Å². The summed E-state index contributed by atoms with van der Waals surface area (Å²) in [7, 11) is 2.94. The molecule has 0 aromatic heterocycles. The summed E-state index contributed by atoms with van der Waals surface area (Å²) in [6, 6.07) is 7.31. The van der Waals surface area contributed by atoms with Gasteiger partial charge in [-0.15, -0.1) is 0 Å². The predicted octanol–water partition coefficient (Wildman–Crippen LogP) is 4.07. The number of amides is 4. The van der Waals surface area contributed by atoms with Crippen molar-refractivity contribution in [1.29, 1.82) is 0 Å². The van der Waals surface area contributed by atoms with Crippen molar-refractivity contribution in [2.45, 2.75) is 44.4 Å². The first-order valence-electron chi connectivity index (χ1n) is 13.6. The molecule has 0 unspecified atom stereocenters. The van der Waals surface area contributed by atoms with E-state index in [2.05, 4.69) is 15.4 Å². The number of benzene rings is 2. The Hall–Kier alpha value is -4.36. The number of methoxy groups -OCH3 is 1. The van der Waals surface area contributed by atoms with Crippen molar-refractivity contribution in [3.8, 4) is 0 Å². The molecule has 14 heteroatoms. The third kappa shape index (κ3) is 6.37. The highest BCUT2D eigenvalue weighted by Crippen LogP contribution is 2.39. The molecule has 4 amide bonds. The standard InChI is InChI=1S/C29H33F4N5O5/c1-17(2)23(35-24(39)21-15-18(29(31,32)33)5-10-22(21)30)25(40)37-13-11-28(12-14-37)26(41)36(3)16-38(28)20-8-6-19(7-9-20)34-27(42)43-4/h5-10,15,17,23H,11-14,16H2,1-4H3,(H,34,42)(H,35,39)/t23-/m1/s1. The molecule has 2 heterocycles. The zero-order chi connectivity index (χ0) is 31.7. The quantitative estimate of drug-likeness (QED) is 0.479. The Balaban J connectivity index is 1.49. The Bertz CT molecular complexity index is 1390. The lowest BCUT2D eigenvalue weighted by Crippen LogP contribution is -2.60. The van der Waals surface area contributed by atoms with Crippen LogP contribution in [-0.4, -0.2) is 79.1 Å². The van der Waals surface area contributed by atoms with Gasteiger partial charge in [0.25, 0.3) is 5.91 Å². The van der Waals surface area contributed by atoms with Crippen molar-refractivity contribution >= 4 is 35.2 Å². The number of likely N-dealkylation sites (tertiary alicyclic amines) is 1. The van der Waals surface area contributed by atoms with Crippen LogP contribution in [0.3, 0.4) is 0 Å². The number of nitrogens with one attached hydrogen (secondary N) is 2. The van der Waals surface area contributed by atoms with Crippen LogP contribution in [0.4, 0.5) is 33.7 Å². The monoisotopic (exact) mass is 607 g/mol. The molecule has 2 aliphatic rings. The van der Waals surface area contributed by atoms with Gasteiger partial charge in [0, 0.05) is 31.5 Å². The average Bonchev–Trinajstić information content (AvgIpc) is 3.20. The summed E-state index contributed by atoms with van der Waals surface area (Å²) in [4.78, 5) is 56.4. The first-order chi connectivity index (χ1) is 20.2. The van der Waals surface area contributed by atoms with Crippen LogP contribution >= 0.6 is 0 Å². The summed E-state index contributed by atoms with van der Waals surface area (Å²) >= 11 is 0. The number of alkyl halides is 3. The van der Waals surface area contributed by atoms with Crippen molar-refractivity contribution in [2.24, 2.45) is 5.92 Å². The second-order valence-corrected chi connectivity index (χ2v) is 11.0. The molecule has 2 saturated heterocycles. The molecule has 43 heavy (non-hydrogen) atoms. The molecule has 232 valence electrons. The number of rotatable bonds is 6. The summed E-state index contributed by atoms with van der Waals surface area (Å²) in [5.41, 5.74) is -1.67. The van der Waals surface area contributed by atoms with Crippen molar-refractivity contribution in [3.63, 3.8) is 0 Å². The van der Waals surface area contributed by atoms with E-state index in [-0.39, 0.29) is 31.8 Å². The number of hydrogen-bond acceptors (Lipinski definition) is 6. The van der Waals surface area contributed by atoms with Gasteiger partial charge in [-0.3, -0.25) is 19.7 Å². The van der Waals surface area contributed by atoms with Gasteiger partial charge in [-0.2, -0.15) is 13.2 Å². The van der Waals surface area contributed by atoms with E-state index >= 15 is 0 Å². The maximum Gasteiger partial charge on any atom is 0.416 e. The number of hydrogen-bond donors (Lipinski definition) is 2. The van der Waals surface area contributed by atoms with Gasteiger partial charge >= 0.3 is 12.3 Å². The van der Waals surface area contributed by atoms with Gasteiger partial charge in [0.1, 0.15) is 17.4 Å². The molecular formula is C29H33F4N5O5. The molecule has 10 nitrogen and oxygen atoms in total. The molecule has 1 atom stereocenters. The van der Waals surface area contributed by atoms with Crippen molar-refractivity contribution in [2.75, 3.05) is 44.1 Å². The molecule has 2 aromatic rings. The molecule has 2 fully saturated rings. The van der Waals surface area contributed by atoms with Crippen LogP contribution in [0.25, 0.3) is 0 Å². The number of carbonyl (C=O) groups is 4. The molecule has 2 N–H and O–H groups in total. The number of anilines is 2. The average molecular weight is 608 g/mol. The van der Waals surface area contributed by atoms with Crippen LogP contribution in [0, 0.1) is 11.7 Å². The molecule has 0 aliphatic carbocycles. The fourth-order valence-electron chi connectivity index (χ4n) is 5.49. The Labute approximate surface area is 245 Å². The van der Waals surface area contributed by atoms with E-state index in [4.69, 9.17) is 0 Å². The largest absolute Gasteiger partial charge is 0.453 e. The highest BCUT2D eigenvalue weighted by molar-refractivity contribution is 5.98. The van der Waals surface area contributed by atoms with Gasteiger partial charge in [0.15, 0.2) is 0 Å². The van der Waals surface area contributed by atoms with Gasteiger partial charge in [-0.25, -0.2) is 9.18 Å². The van der Waals surface area contributed by atoms with E-state index in [1.54, 1.807) is 50.1 Å². The SMILES string of the molecule is COC(=O)Nc1ccc(N2CN(C)C(=O)C23CCN(C(=O)[C@H](NC(=O)c2cc(C(F)(F)F)ccc2F)C(C)C)CC3)cc1. The molecule has 0 bridgehead atoms. The summed E-state index contributed by atoms with van der Waals surface area (Å²) in [6.45, 7) is 3.98. The van der Waals surface area contributed by atoms with E-state index in [1.165, 1.54) is 12.0 Å². The van der Waals surface area contributed by atoms with Crippen LogP contribution in [-0.2, 0) is 20.5 Å². The molecule has 0 radical (unpaired) electrons.